The Morgan fingerprint density at radius 1 is 1.48 bits per heavy atom. The number of phenols is 1. The minimum Gasteiger partial charge on any atom is -0.504 e. The number of phenolic OH excluding ortho intramolecular Hbond substituents is 1. The molecule has 1 aromatic carbocycles. The second-order valence-corrected chi connectivity index (χ2v) is 7.07. The van der Waals surface area contributed by atoms with E-state index in [0.717, 1.165) is 11.1 Å². The number of anilines is 1. The number of rotatable bonds is 5. The quantitative estimate of drug-likeness (QED) is 0.754. The zero-order valence-electron chi connectivity index (χ0n) is 15.3. The Morgan fingerprint density at radius 3 is 2.96 bits per heavy atom. The number of thioether (sulfide) groups is 1. The fourth-order valence-electron chi connectivity index (χ4n) is 3.02. The maximum atomic E-state index is 12.2. The van der Waals surface area contributed by atoms with Crippen molar-refractivity contribution in [3.05, 3.63) is 35.0 Å². The maximum Gasteiger partial charge on any atom is 0.327 e. The van der Waals surface area contributed by atoms with E-state index in [1.807, 2.05) is 6.92 Å². The molecule has 2 N–H and O–H groups in total. The number of carbonyl (C=O) groups is 2. The number of nitrogens with one attached hydrogen (secondary N) is 1. The van der Waals surface area contributed by atoms with Crippen molar-refractivity contribution < 1.29 is 24.2 Å². The van der Waals surface area contributed by atoms with Gasteiger partial charge in [0.2, 0.25) is 5.91 Å². The van der Waals surface area contributed by atoms with E-state index in [4.69, 9.17) is 9.47 Å². The van der Waals surface area contributed by atoms with Crippen LogP contribution in [0.15, 0.2) is 18.2 Å². The van der Waals surface area contributed by atoms with Crippen molar-refractivity contribution >= 4 is 29.5 Å². The number of ether oxygens (including phenoxy) is 2. The largest absolute Gasteiger partial charge is 0.504 e. The van der Waals surface area contributed by atoms with E-state index in [0.29, 0.717) is 17.3 Å². The van der Waals surface area contributed by atoms with Crippen LogP contribution in [0.2, 0.25) is 0 Å². The molecule has 0 aliphatic carbocycles. The second-order valence-electron chi connectivity index (χ2n) is 5.98. The van der Waals surface area contributed by atoms with Crippen LogP contribution in [-0.4, -0.2) is 46.2 Å². The highest BCUT2D eigenvalue weighted by Crippen LogP contribution is 2.44. The van der Waals surface area contributed by atoms with Crippen molar-refractivity contribution in [1.29, 1.82) is 0 Å². The van der Waals surface area contributed by atoms with Crippen LogP contribution >= 0.6 is 11.8 Å². The van der Waals surface area contributed by atoms with E-state index >= 15 is 0 Å². The van der Waals surface area contributed by atoms with Gasteiger partial charge in [0.15, 0.2) is 11.5 Å². The van der Waals surface area contributed by atoms with Crippen molar-refractivity contribution in [2.24, 2.45) is 0 Å². The van der Waals surface area contributed by atoms with E-state index in [2.05, 4.69) is 10.4 Å². The number of fused-ring (bicyclic) bond motifs is 1. The number of nitrogens with zero attached hydrogens (tertiary/aromatic N) is 2. The number of aromatic nitrogens is 2. The smallest absolute Gasteiger partial charge is 0.327 e. The molecule has 0 saturated heterocycles. The summed E-state index contributed by atoms with van der Waals surface area (Å²) in [5.41, 5.74) is 2.40. The summed E-state index contributed by atoms with van der Waals surface area (Å²) >= 11 is 1.45. The Labute approximate surface area is 160 Å². The van der Waals surface area contributed by atoms with Crippen LogP contribution in [0.25, 0.3) is 0 Å². The average molecular weight is 391 g/mol. The van der Waals surface area contributed by atoms with Crippen LogP contribution in [-0.2, 0) is 20.9 Å². The van der Waals surface area contributed by atoms with Gasteiger partial charge in [0, 0.05) is 5.56 Å². The Hall–Kier alpha value is -2.68. The summed E-state index contributed by atoms with van der Waals surface area (Å²) in [6.45, 7) is 3.77. The van der Waals surface area contributed by atoms with Crippen molar-refractivity contribution in [3.63, 3.8) is 0 Å². The summed E-state index contributed by atoms with van der Waals surface area (Å²) in [7, 11) is 1.48. The van der Waals surface area contributed by atoms with Gasteiger partial charge in [-0.25, -0.2) is 4.68 Å². The lowest BCUT2D eigenvalue weighted by Crippen LogP contribution is -2.20. The first-order chi connectivity index (χ1) is 12.9. The predicted molar refractivity (Wildman–Crippen MR) is 101 cm³/mol. The molecule has 0 bridgehead atoms. The summed E-state index contributed by atoms with van der Waals surface area (Å²) in [5.74, 6) is 0.559. The Kier molecular flexibility index (Phi) is 5.59. The third-order valence-corrected chi connectivity index (χ3v) is 5.44. The van der Waals surface area contributed by atoms with Crippen molar-refractivity contribution in [3.8, 4) is 11.5 Å². The Bertz CT molecular complexity index is 880. The van der Waals surface area contributed by atoms with Crippen LogP contribution in [0, 0.1) is 6.92 Å². The number of aryl methyl sites for hydroxylation is 1. The fourth-order valence-corrected chi connectivity index (χ4v) is 4.19. The molecule has 0 saturated carbocycles. The lowest BCUT2D eigenvalue weighted by atomic mass is 10.0. The van der Waals surface area contributed by atoms with E-state index in [1.54, 1.807) is 25.1 Å². The zero-order valence-corrected chi connectivity index (χ0v) is 16.1. The third-order valence-electron chi connectivity index (χ3n) is 4.17. The molecular formula is C18H21N3O5S. The summed E-state index contributed by atoms with van der Waals surface area (Å²) in [5, 5.41) is 16.9. The molecule has 27 heavy (non-hydrogen) atoms. The number of amides is 1. The van der Waals surface area contributed by atoms with Crippen LogP contribution < -0.4 is 10.1 Å². The molecule has 2 heterocycles. The minimum absolute atomic E-state index is 0.0454. The van der Waals surface area contributed by atoms with Crippen molar-refractivity contribution in [2.75, 3.05) is 24.8 Å². The monoisotopic (exact) mass is 391 g/mol. The van der Waals surface area contributed by atoms with Gasteiger partial charge >= 0.3 is 5.97 Å². The number of esters is 1. The van der Waals surface area contributed by atoms with Crippen molar-refractivity contribution in [1.82, 2.24) is 9.78 Å². The van der Waals surface area contributed by atoms with E-state index < -0.39 is 5.97 Å². The van der Waals surface area contributed by atoms with Crippen LogP contribution in [0.5, 0.6) is 11.5 Å². The molecule has 144 valence electrons. The molecule has 1 aliphatic rings. The normalized spacial score (nSPS) is 16.3. The van der Waals surface area contributed by atoms with Gasteiger partial charge in [0.05, 0.1) is 30.4 Å². The molecule has 0 radical (unpaired) electrons. The molecule has 1 aliphatic heterocycles. The molecule has 2 aromatic rings. The Balaban J connectivity index is 2.06. The van der Waals surface area contributed by atoms with Crippen LogP contribution in [0.4, 0.5) is 5.82 Å². The number of carbonyl (C=O) groups excluding carboxylic acids is 2. The molecule has 1 atom stereocenters. The molecule has 0 spiro atoms. The van der Waals surface area contributed by atoms with Crippen LogP contribution in [0.1, 0.15) is 29.0 Å². The highest BCUT2D eigenvalue weighted by molar-refractivity contribution is 8.00. The third kappa shape index (κ3) is 3.87. The SMILES string of the molecule is CCOC(=O)Cn1nc(C)c2c1NC(=O)CS[C@@H]2c1ccc(O)c(OC)c1. The van der Waals surface area contributed by atoms with Gasteiger partial charge in [-0.1, -0.05) is 6.07 Å². The zero-order chi connectivity index (χ0) is 19.6. The number of hydrogen-bond acceptors (Lipinski definition) is 7. The molecule has 1 aromatic heterocycles. The molecule has 1 amide bonds. The highest BCUT2D eigenvalue weighted by Gasteiger charge is 2.31. The molecule has 3 rings (SSSR count). The van der Waals surface area contributed by atoms with E-state index in [9.17, 15) is 14.7 Å². The van der Waals surface area contributed by atoms with Crippen molar-refractivity contribution in [2.45, 2.75) is 25.6 Å². The number of aromatic hydroxyl groups is 1. The molecule has 0 unspecified atom stereocenters. The molecule has 9 heteroatoms. The van der Waals surface area contributed by atoms with Gasteiger partial charge in [-0.2, -0.15) is 5.10 Å². The van der Waals surface area contributed by atoms with Crippen LogP contribution in [0.3, 0.4) is 0 Å². The molecular weight excluding hydrogens is 370 g/mol. The van der Waals surface area contributed by atoms with Gasteiger partial charge in [-0.05, 0) is 31.5 Å². The maximum absolute atomic E-state index is 12.2. The minimum atomic E-state index is -0.420. The highest BCUT2D eigenvalue weighted by atomic mass is 32.2. The van der Waals surface area contributed by atoms with E-state index in [1.165, 1.54) is 23.6 Å². The first-order valence-corrected chi connectivity index (χ1v) is 9.50. The first-order valence-electron chi connectivity index (χ1n) is 8.45. The average Bonchev–Trinajstić information content (AvgIpc) is 2.81. The standard InChI is InChI=1S/C18H21N3O5S/c1-4-26-15(24)8-21-18-16(10(2)20-21)17(27-9-14(23)19-18)11-5-6-12(22)13(7-11)25-3/h5-7,17,22H,4,8-9H2,1-3H3,(H,19,23)/t17-/m1/s1. The van der Waals surface area contributed by atoms with Gasteiger partial charge < -0.3 is 19.9 Å². The molecule has 8 nitrogen and oxygen atoms in total. The lowest BCUT2D eigenvalue weighted by Gasteiger charge is -2.16. The summed E-state index contributed by atoms with van der Waals surface area (Å²) in [6.07, 6.45) is 0. The van der Waals surface area contributed by atoms with E-state index in [-0.39, 0.29) is 35.8 Å². The number of hydrogen-bond donors (Lipinski definition) is 2. The topological polar surface area (TPSA) is 103 Å². The second kappa shape index (κ2) is 7.91. The molecule has 0 fully saturated rings. The summed E-state index contributed by atoms with van der Waals surface area (Å²) in [4.78, 5) is 24.1. The summed E-state index contributed by atoms with van der Waals surface area (Å²) in [6, 6.07) is 5.10. The fraction of sp³-hybridized carbons (Fsp3) is 0.389. The van der Waals surface area contributed by atoms with Gasteiger partial charge in [0.1, 0.15) is 12.4 Å². The lowest BCUT2D eigenvalue weighted by molar-refractivity contribution is -0.144. The van der Waals surface area contributed by atoms with Gasteiger partial charge in [-0.15, -0.1) is 11.8 Å². The summed E-state index contributed by atoms with van der Waals surface area (Å²) < 4.78 is 11.7. The predicted octanol–water partition coefficient (Wildman–Crippen LogP) is 2.24. The number of benzene rings is 1. The Morgan fingerprint density at radius 2 is 2.26 bits per heavy atom. The van der Waals surface area contributed by atoms with Gasteiger partial charge in [-0.3, -0.25) is 9.59 Å². The first kappa shape index (κ1) is 19.1. The number of methoxy groups -OCH3 is 1. The van der Waals surface area contributed by atoms with Gasteiger partial charge in [0.25, 0.3) is 0 Å².